The van der Waals surface area contributed by atoms with Gasteiger partial charge in [0.2, 0.25) is 5.91 Å². The van der Waals surface area contributed by atoms with Gasteiger partial charge in [-0.1, -0.05) is 12.2 Å². The van der Waals surface area contributed by atoms with Crippen LogP contribution in [0.2, 0.25) is 0 Å². The molecule has 0 aromatic carbocycles. The van der Waals surface area contributed by atoms with Crippen LogP contribution in [-0.4, -0.2) is 17.0 Å². The highest BCUT2D eigenvalue weighted by molar-refractivity contribution is 5.85. The van der Waals surface area contributed by atoms with Crippen LogP contribution < -0.4 is 5.32 Å². The molecule has 18 heavy (non-hydrogen) atoms. The number of carboxylic acid groups (broad SMARTS) is 1. The van der Waals surface area contributed by atoms with Crippen LogP contribution >= 0.6 is 0 Å². The Bertz CT molecular complexity index is 450. The Labute approximate surface area is 104 Å². The second-order valence-electron chi connectivity index (χ2n) is 4.34. The van der Waals surface area contributed by atoms with Crippen LogP contribution in [0.5, 0.6) is 0 Å². The molecule has 0 radical (unpaired) electrons. The number of hydrogen-bond acceptors (Lipinski definition) is 3. The van der Waals surface area contributed by atoms with E-state index in [2.05, 4.69) is 5.32 Å². The summed E-state index contributed by atoms with van der Waals surface area (Å²) in [5.74, 6) is -2.24. The Morgan fingerprint density at radius 2 is 2.06 bits per heavy atom. The molecule has 1 aliphatic carbocycles. The topological polar surface area (TPSA) is 79.5 Å². The van der Waals surface area contributed by atoms with Crippen molar-refractivity contribution in [2.75, 3.05) is 0 Å². The molecule has 2 atom stereocenters. The molecule has 96 valence electrons. The van der Waals surface area contributed by atoms with Crippen LogP contribution in [0.3, 0.4) is 0 Å². The van der Waals surface area contributed by atoms with E-state index >= 15 is 0 Å². The summed E-state index contributed by atoms with van der Waals surface area (Å²) in [6.07, 6.45) is 7.66. The largest absolute Gasteiger partial charge is 0.481 e. The first-order chi connectivity index (χ1) is 8.68. The normalized spacial score (nSPS) is 22.7. The molecule has 1 heterocycles. The van der Waals surface area contributed by atoms with Gasteiger partial charge in [0.1, 0.15) is 0 Å². The standard InChI is InChI=1S/C13H15NO4/c15-12(14-7-9-5-6-18-8-9)10-3-1-2-4-11(10)13(16)17/h1-2,5-6,8,10-11H,3-4,7H2,(H,14,15)(H,16,17). The summed E-state index contributed by atoms with van der Waals surface area (Å²) in [7, 11) is 0. The number of amides is 1. The van der Waals surface area contributed by atoms with Gasteiger partial charge >= 0.3 is 5.97 Å². The zero-order valence-electron chi connectivity index (χ0n) is 9.83. The molecular formula is C13H15NO4. The molecule has 5 heteroatoms. The van der Waals surface area contributed by atoms with Gasteiger partial charge < -0.3 is 14.8 Å². The maximum absolute atomic E-state index is 12.0. The smallest absolute Gasteiger partial charge is 0.307 e. The van der Waals surface area contributed by atoms with E-state index in [1.54, 1.807) is 12.3 Å². The first kappa shape index (κ1) is 12.4. The van der Waals surface area contributed by atoms with Crippen molar-refractivity contribution >= 4 is 11.9 Å². The molecule has 2 rings (SSSR count). The summed E-state index contributed by atoms with van der Waals surface area (Å²) in [5.41, 5.74) is 0.863. The summed E-state index contributed by atoms with van der Waals surface area (Å²) in [4.78, 5) is 23.0. The zero-order chi connectivity index (χ0) is 13.0. The quantitative estimate of drug-likeness (QED) is 0.794. The van der Waals surface area contributed by atoms with Crippen LogP contribution in [0.15, 0.2) is 35.2 Å². The molecule has 0 bridgehead atoms. The number of nitrogens with one attached hydrogen (secondary N) is 1. The van der Waals surface area contributed by atoms with Crippen molar-refractivity contribution in [2.24, 2.45) is 11.8 Å². The molecule has 0 fully saturated rings. The van der Waals surface area contributed by atoms with Gasteiger partial charge in [0.25, 0.3) is 0 Å². The number of carbonyl (C=O) groups excluding carboxylic acids is 1. The first-order valence-corrected chi connectivity index (χ1v) is 5.85. The molecular weight excluding hydrogens is 234 g/mol. The van der Waals surface area contributed by atoms with E-state index in [0.29, 0.717) is 19.4 Å². The molecule has 5 nitrogen and oxygen atoms in total. The second-order valence-corrected chi connectivity index (χ2v) is 4.34. The Hall–Kier alpha value is -2.04. The highest BCUT2D eigenvalue weighted by atomic mass is 16.4. The minimum atomic E-state index is -0.914. The maximum atomic E-state index is 12.0. The fourth-order valence-corrected chi connectivity index (χ4v) is 2.09. The molecule has 1 aromatic heterocycles. The summed E-state index contributed by atoms with van der Waals surface area (Å²) in [6, 6.07) is 1.76. The minimum absolute atomic E-state index is 0.215. The summed E-state index contributed by atoms with van der Waals surface area (Å²) in [5, 5.41) is 11.8. The third kappa shape index (κ3) is 2.80. The predicted molar refractivity (Wildman–Crippen MR) is 63.5 cm³/mol. The number of aliphatic carboxylic acids is 1. The summed E-state index contributed by atoms with van der Waals surface area (Å²) < 4.78 is 4.90. The molecule has 0 aliphatic heterocycles. The van der Waals surface area contributed by atoms with Crippen molar-refractivity contribution in [3.63, 3.8) is 0 Å². The van der Waals surface area contributed by atoms with Gasteiger partial charge in [0.15, 0.2) is 0 Å². The van der Waals surface area contributed by atoms with E-state index in [9.17, 15) is 9.59 Å². The third-order valence-electron chi connectivity index (χ3n) is 3.13. The van der Waals surface area contributed by atoms with Gasteiger partial charge in [-0.05, 0) is 18.9 Å². The number of allylic oxidation sites excluding steroid dienone is 2. The van der Waals surface area contributed by atoms with Gasteiger partial charge in [-0.15, -0.1) is 0 Å². The molecule has 1 aliphatic rings. The van der Waals surface area contributed by atoms with E-state index in [0.717, 1.165) is 5.56 Å². The molecule has 0 saturated heterocycles. The third-order valence-corrected chi connectivity index (χ3v) is 3.13. The van der Waals surface area contributed by atoms with E-state index in [-0.39, 0.29) is 5.91 Å². The number of rotatable bonds is 4. The van der Waals surface area contributed by atoms with E-state index in [1.165, 1.54) is 6.26 Å². The predicted octanol–water partition coefficient (Wildman–Crippen LogP) is 1.56. The molecule has 1 amide bonds. The number of hydrogen-bond donors (Lipinski definition) is 2. The monoisotopic (exact) mass is 249 g/mol. The zero-order valence-corrected chi connectivity index (χ0v) is 9.83. The van der Waals surface area contributed by atoms with Crippen LogP contribution in [0.25, 0.3) is 0 Å². The number of carboxylic acids is 1. The lowest BCUT2D eigenvalue weighted by Gasteiger charge is -2.24. The average Bonchev–Trinajstić information content (AvgIpc) is 2.89. The average molecular weight is 249 g/mol. The molecule has 2 N–H and O–H groups in total. The van der Waals surface area contributed by atoms with E-state index < -0.39 is 17.8 Å². The SMILES string of the molecule is O=C(O)C1CC=CCC1C(=O)NCc1ccoc1. The van der Waals surface area contributed by atoms with Crippen molar-refractivity contribution in [1.29, 1.82) is 0 Å². The Morgan fingerprint density at radius 1 is 1.33 bits per heavy atom. The van der Waals surface area contributed by atoms with Gasteiger partial charge in [-0.3, -0.25) is 9.59 Å². The highest BCUT2D eigenvalue weighted by Crippen LogP contribution is 2.26. The van der Waals surface area contributed by atoms with Gasteiger partial charge in [0.05, 0.1) is 24.4 Å². The maximum Gasteiger partial charge on any atom is 0.307 e. The Morgan fingerprint density at radius 3 is 2.67 bits per heavy atom. The number of carbonyl (C=O) groups is 2. The van der Waals surface area contributed by atoms with Crippen molar-refractivity contribution < 1.29 is 19.1 Å². The molecule has 1 aromatic rings. The lowest BCUT2D eigenvalue weighted by Crippen LogP contribution is -2.38. The van der Waals surface area contributed by atoms with E-state index in [4.69, 9.17) is 9.52 Å². The van der Waals surface area contributed by atoms with Crippen molar-refractivity contribution in [1.82, 2.24) is 5.32 Å². The highest BCUT2D eigenvalue weighted by Gasteiger charge is 2.33. The summed E-state index contributed by atoms with van der Waals surface area (Å²) in [6.45, 7) is 0.363. The lowest BCUT2D eigenvalue weighted by atomic mass is 9.82. The van der Waals surface area contributed by atoms with Crippen LogP contribution in [0.1, 0.15) is 18.4 Å². The first-order valence-electron chi connectivity index (χ1n) is 5.85. The van der Waals surface area contributed by atoms with Gasteiger partial charge in [-0.2, -0.15) is 0 Å². The Kier molecular flexibility index (Phi) is 3.82. The van der Waals surface area contributed by atoms with Crippen LogP contribution in [-0.2, 0) is 16.1 Å². The lowest BCUT2D eigenvalue weighted by molar-refractivity contribution is -0.147. The molecule has 2 unspecified atom stereocenters. The van der Waals surface area contributed by atoms with Gasteiger partial charge in [-0.25, -0.2) is 0 Å². The van der Waals surface area contributed by atoms with Crippen molar-refractivity contribution in [3.05, 3.63) is 36.3 Å². The fourth-order valence-electron chi connectivity index (χ4n) is 2.09. The van der Waals surface area contributed by atoms with E-state index in [1.807, 2.05) is 12.2 Å². The van der Waals surface area contributed by atoms with Crippen LogP contribution in [0.4, 0.5) is 0 Å². The number of furan rings is 1. The second kappa shape index (κ2) is 5.53. The fraction of sp³-hybridized carbons (Fsp3) is 0.385. The van der Waals surface area contributed by atoms with Crippen molar-refractivity contribution in [3.8, 4) is 0 Å². The summed E-state index contributed by atoms with van der Waals surface area (Å²) >= 11 is 0. The molecule has 0 saturated carbocycles. The van der Waals surface area contributed by atoms with Gasteiger partial charge in [0, 0.05) is 12.1 Å². The van der Waals surface area contributed by atoms with Crippen molar-refractivity contribution in [2.45, 2.75) is 19.4 Å². The Balaban J connectivity index is 1.94. The van der Waals surface area contributed by atoms with Crippen LogP contribution in [0, 0.1) is 11.8 Å². The minimum Gasteiger partial charge on any atom is -0.481 e. The molecule has 0 spiro atoms.